The zero-order valence-electron chi connectivity index (χ0n) is 21.9. The van der Waals surface area contributed by atoms with E-state index < -0.39 is 0 Å². The maximum absolute atomic E-state index is 2.56. The molecule has 2 fully saturated rings. The van der Waals surface area contributed by atoms with Crippen LogP contribution in [0.15, 0.2) is 121 Å². The van der Waals surface area contributed by atoms with E-state index in [0.29, 0.717) is 0 Å². The molecule has 0 bridgehead atoms. The van der Waals surface area contributed by atoms with E-state index in [4.69, 9.17) is 0 Å². The second-order valence-electron chi connectivity index (χ2n) is 11.0. The van der Waals surface area contributed by atoms with Crippen molar-refractivity contribution in [2.45, 2.75) is 50.3 Å². The smallest absolute Gasteiger partial charge is 0.00719 e. The molecule has 0 spiro atoms. The first-order chi connectivity index (χ1) is 18.3. The maximum Gasteiger partial charge on any atom is -0.00719 e. The third kappa shape index (κ3) is 5.21. The summed E-state index contributed by atoms with van der Waals surface area (Å²) in [5.41, 5.74) is 1.54. The summed E-state index contributed by atoms with van der Waals surface area (Å²) in [6.45, 7) is 2.56. The lowest BCUT2D eigenvalue weighted by Crippen LogP contribution is -2.36. The van der Waals surface area contributed by atoms with Gasteiger partial charge >= 0.3 is 0 Å². The fourth-order valence-electron chi connectivity index (χ4n) is 7.30. The Bertz CT molecular complexity index is 1160. The van der Waals surface area contributed by atoms with Gasteiger partial charge in [-0.25, -0.2) is 0 Å². The van der Waals surface area contributed by atoms with Crippen molar-refractivity contribution in [1.29, 1.82) is 0 Å². The van der Waals surface area contributed by atoms with E-state index in [-0.39, 0.29) is 15.8 Å². The van der Waals surface area contributed by atoms with E-state index in [9.17, 15) is 0 Å². The Labute approximate surface area is 226 Å². The molecule has 5 atom stereocenters. The van der Waals surface area contributed by atoms with Crippen LogP contribution in [-0.4, -0.2) is 11.3 Å². The largest absolute Gasteiger partial charge is 0.0622 e. The zero-order valence-corrected chi connectivity index (χ0v) is 23.7. The van der Waals surface area contributed by atoms with Crippen molar-refractivity contribution in [2.75, 3.05) is 0 Å². The summed E-state index contributed by atoms with van der Waals surface area (Å²) < 4.78 is 0. The van der Waals surface area contributed by atoms with E-state index >= 15 is 0 Å². The van der Waals surface area contributed by atoms with E-state index in [1.54, 1.807) is 21.2 Å². The summed E-state index contributed by atoms with van der Waals surface area (Å²) in [7, 11) is -0.748. The van der Waals surface area contributed by atoms with Crippen LogP contribution >= 0.6 is 15.8 Å². The van der Waals surface area contributed by atoms with Gasteiger partial charge in [-0.3, -0.25) is 0 Å². The highest BCUT2D eigenvalue weighted by Crippen LogP contribution is 2.60. The van der Waals surface area contributed by atoms with E-state index in [1.807, 2.05) is 0 Å². The van der Waals surface area contributed by atoms with Crippen LogP contribution in [0.4, 0.5) is 0 Å². The van der Waals surface area contributed by atoms with Gasteiger partial charge in [-0.1, -0.05) is 135 Å². The normalized spacial score (nSPS) is 25.6. The maximum atomic E-state index is 2.56. The van der Waals surface area contributed by atoms with Gasteiger partial charge in [-0.05, 0) is 91.8 Å². The third-order valence-electron chi connectivity index (χ3n) is 8.83. The van der Waals surface area contributed by atoms with Gasteiger partial charge in [0.15, 0.2) is 0 Å². The summed E-state index contributed by atoms with van der Waals surface area (Å²) in [5, 5.41) is 6.26. The van der Waals surface area contributed by atoms with Crippen molar-refractivity contribution >= 4 is 37.1 Å². The lowest BCUT2D eigenvalue weighted by atomic mass is 9.88. The molecule has 0 N–H and O–H groups in total. The molecule has 4 unspecified atom stereocenters. The van der Waals surface area contributed by atoms with Crippen molar-refractivity contribution in [1.82, 2.24) is 0 Å². The van der Waals surface area contributed by atoms with Crippen molar-refractivity contribution in [3.63, 3.8) is 0 Å². The Morgan fingerprint density at radius 1 is 0.459 bits per heavy atom. The van der Waals surface area contributed by atoms with Gasteiger partial charge in [-0.15, -0.1) is 0 Å². The van der Waals surface area contributed by atoms with E-state index in [1.165, 1.54) is 32.1 Å². The third-order valence-corrected chi connectivity index (χ3v) is 15.0. The second-order valence-corrected chi connectivity index (χ2v) is 15.8. The molecule has 2 aliphatic carbocycles. The molecule has 0 aromatic heterocycles. The van der Waals surface area contributed by atoms with Crippen LogP contribution < -0.4 is 21.2 Å². The molecule has 37 heavy (non-hydrogen) atoms. The molecule has 0 amide bonds. The summed E-state index contributed by atoms with van der Waals surface area (Å²) in [4.78, 5) is 0. The Morgan fingerprint density at radius 2 is 0.892 bits per heavy atom. The summed E-state index contributed by atoms with van der Waals surface area (Å²) in [6, 6.07) is 46.0. The molecule has 4 aromatic carbocycles. The number of benzene rings is 4. The van der Waals surface area contributed by atoms with Crippen molar-refractivity contribution in [3.8, 4) is 0 Å². The molecule has 2 aliphatic rings. The Balaban J connectivity index is 1.40. The minimum atomic E-state index is -0.386. The zero-order chi connectivity index (χ0) is 25.0. The highest BCUT2D eigenvalue weighted by molar-refractivity contribution is 7.74. The minimum Gasteiger partial charge on any atom is -0.0622 e. The number of hydrogen-bond acceptors (Lipinski definition) is 0. The molecule has 2 heteroatoms. The Morgan fingerprint density at radius 3 is 1.35 bits per heavy atom. The topological polar surface area (TPSA) is 0 Å². The predicted octanol–water partition coefficient (Wildman–Crippen LogP) is 7.84. The van der Waals surface area contributed by atoms with E-state index in [2.05, 4.69) is 128 Å². The highest BCUT2D eigenvalue weighted by atomic mass is 31.1. The van der Waals surface area contributed by atoms with Gasteiger partial charge in [0.25, 0.3) is 0 Å². The number of rotatable bonds is 7. The molecular formula is C35H38P2. The molecule has 4 aromatic rings. The van der Waals surface area contributed by atoms with Gasteiger partial charge < -0.3 is 0 Å². The Hall–Kier alpha value is -2.26. The van der Waals surface area contributed by atoms with Crippen molar-refractivity contribution in [3.05, 3.63) is 121 Å². The molecule has 188 valence electrons. The van der Waals surface area contributed by atoms with Gasteiger partial charge in [0, 0.05) is 0 Å². The SMILES string of the molecule is C[C@@H]1CCC(C2CCCC2P(c2ccccc2)c2ccccc2)C1P(c1ccccc1)c1ccccc1. The molecule has 0 nitrogen and oxygen atoms in total. The molecule has 0 radical (unpaired) electrons. The van der Waals surface area contributed by atoms with Crippen LogP contribution in [0.2, 0.25) is 0 Å². The fraction of sp³-hybridized carbons (Fsp3) is 0.314. The quantitative estimate of drug-likeness (QED) is 0.218. The van der Waals surface area contributed by atoms with Crippen LogP contribution in [-0.2, 0) is 0 Å². The Kier molecular flexibility index (Phi) is 7.88. The van der Waals surface area contributed by atoms with Crippen LogP contribution in [0.3, 0.4) is 0 Å². The molecule has 2 saturated carbocycles. The lowest BCUT2D eigenvalue weighted by Gasteiger charge is -2.40. The predicted molar refractivity (Wildman–Crippen MR) is 165 cm³/mol. The first-order valence-corrected chi connectivity index (χ1v) is 16.9. The highest BCUT2D eigenvalue weighted by Gasteiger charge is 2.48. The van der Waals surface area contributed by atoms with Crippen molar-refractivity contribution in [2.24, 2.45) is 17.8 Å². The fourth-order valence-corrected chi connectivity index (χ4v) is 13.9. The van der Waals surface area contributed by atoms with Gasteiger partial charge in [0.2, 0.25) is 0 Å². The lowest BCUT2D eigenvalue weighted by molar-refractivity contribution is 0.350. The summed E-state index contributed by atoms with van der Waals surface area (Å²) in [5.74, 6) is 2.41. The van der Waals surface area contributed by atoms with Gasteiger partial charge in [0.05, 0.1) is 0 Å². The summed E-state index contributed by atoms with van der Waals surface area (Å²) in [6.07, 6.45) is 6.96. The summed E-state index contributed by atoms with van der Waals surface area (Å²) >= 11 is 0. The molecule has 0 aliphatic heterocycles. The molecular weight excluding hydrogens is 482 g/mol. The van der Waals surface area contributed by atoms with Gasteiger partial charge in [0.1, 0.15) is 0 Å². The average Bonchev–Trinajstić information content (AvgIpc) is 3.58. The monoisotopic (exact) mass is 520 g/mol. The van der Waals surface area contributed by atoms with Crippen LogP contribution in [0.25, 0.3) is 0 Å². The molecule has 0 heterocycles. The van der Waals surface area contributed by atoms with Crippen LogP contribution in [0, 0.1) is 17.8 Å². The average molecular weight is 521 g/mol. The standard InChI is InChI=1S/C35H38P2/c1-27-25-26-33(35(27)37(30-19-10-4-11-20-30)31-21-12-5-13-22-31)32-23-14-24-34(32)36(28-15-6-2-7-16-28)29-17-8-3-9-18-29/h2-13,15-22,27,32-35H,14,23-26H2,1H3/t27-,32?,33?,34?,35?/m1/s1. The second kappa shape index (κ2) is 11.6. The number of hydrogen-bond donors (Lipinski definition) is 0. The van der Waals surface area contributed by atoms with E-state index in [0.717, 1.165) is 29.1 Å². The van der Waals surface area contributed by atoms with Crippen LogP contribution in [0.1, 0.15) is 39.0 Å². The minimum absolute atomic E-state index is 0.361. The first kappa shape index (κ1) is 25.0. The molecule has 0 saturated heterocycles. The molecule has 6 rings (SSSR count). The van der Waals surface area contributed by atoms with Gasteiger partial charge in [-0.2, -0.15) is 0 Å². The van der Waals surface area contributed by atoms with Crippen molar-refractivity contribution < 1.29 is 0 Å². The first-order valence-electron chi connectivity index (χ1n) is 14.1. The van der Waals surface area contributed by atoms with Crippen LogP contribution in [0.5, 0.6) is 0 Å².